The molecule has 3 aliphatic carbocycles. The molecule has 1 spiro atoms. The average molecular weight is 1090 g/mol. The lowest BCUT2D eigenvalue weighted by molar-refractivity contribution is 0.424. The third kappa shape index (κ3) is 7.38. The highest BCUT2D eigenvalue weighted by atomic mass is 16.5. The number of benzene rings is 11. The lowest BCUT2D eigenvalue weighted by Crippen LogP contribution is -2.34. The van der Waals surface area contributed by atoms with Crippen LogP contribution in [0.2, 0.25) is 0 Å². The van der Waals surface area contributed by atoms with Gasteiger partial charge in [-0.2, -0.15) is 0 Å². The van der Waals surface area contributed by atoms with Crippen molar-refractivity contribution in [1.29, 1.82) is 0 Å². The fourth-order valence-corrected chi connectivity index (χ4v) is 16.2. The number of ether oxygens (including phenoxy) is 2. The molecule has 12 aromatic rings. The summed E-state index contributed by atoms with van der Waals surface area (Å²) < 4.78 is 16.8. The first-order valence-corrected chi connectivity index (χ1v) is 30.8. The second kappa shape index (κ2) is 19.6. The second-order valence-electron chi connectivity index (χ2n) is 24.3. The molecule has 0 saturated heterocycles. The van der Waals surface area contributed by atoms with Gasteiger partial charge in [-0.15, -0.1) is 0 Å². The Morgan fingerprint density at radius 2 is 0.786 bits per heavy atom. The highest BCUT2D eigenvalue weighted by molar-refractivity contribution is 6.09. The Bertz CT molecular complexity index is 4380. The van der Waals surface area contributed by atoms with E-state index >= 15 is 0 Å². The molecule has 3 heterocycles. The van der Waals surface area contributed by atoms with E-state index in [2.05, 4.69) is 264 Å². The van der Waals surface area contributed by atoms with Gasteiger partial charge in [0.15, 0.2) is 0 Å². The van der Waals surface area contributed by atoms with E-state index < -0.39 is 10.8 Å². The standard InChI is InChI=1S/C80H64N2O2/c1-5-22-53(23-6-1)55-40-45-76-70(48-55)80(71-49-56(41-46-77(71)84-76)54-24-7-2-8-25-54)67-35-16-13-32-63(67)64-44-42-61(51-69(64)80)81(59-30-21-31-60(50-59)82-73-37-18-14-33-65(73)66-34-15-19-38-74(66)82)62-43-47-78-72(52-62)79(57-26-9-3-10-27-57,58-28-11-4-12-29-58)68-36-17-20-39-75(68)83-78/h3-4,9-21,26-54H,1-2,5-8,22-25H2. The molecule has 5 aliphatic rings. The summed E-state index contributed by atoms with van der Waals surface area (Å²) in [6, 6.07) is 95.8. The van der Waals surface area contributed by atoms with Crippen LogP contribution >= 0.6 is 0 Å². The third-order valence-corrected chi connectivity index (χ3v) is 20.0. The minimum Gasteiger partial charge on any atom is -0.457 e. The second-order valence-corrected chi connectivity index (χ2v) is 24.3. The van der Waals surface area contributed by atoms with E-state index in [0.717, 1.165) is 56.9 Å². The van der Waals surface area contributed by atoms with Crippen molar-refractivity contribution in [3.8, 4) is 39.8 Å². The smallest absolute Gasteiger partial charge is 0.132 e. The molecule has 0 N–H and O–H groups in total. The van der Waals surface area contributed by atoms with Crippen LogP contribution in [0.3, 0.4) is 0 Å². The topological polar surface area (TPSA) is 26.6 Å². The Morgan fingerprint density at radius 3 is 1.40 bits per heavy atom. The van der Waals surface area contributed by atoms with Gasteiger partial charge in [-0.25, -0.2) is 0 Å². The molecule has 2 fully saturated rings. The zero-order valence-corrected chi connectivity index (χ0v) is 47.2. The summed E-state index contributed by atoms with van der Waals surface area (Å²) in [7, 11) is 0. The average Bonchev–Trinajstić information content (AvgIpc) is 2.05. The quantitative estimate of drug-likeness (QED) is 0.152. The van der Waals surface area contributed by atoms with Gasteiger partial charge in [-0.3, -0.25) is 0 Å². The van der Waals surface area contributed by atoms with Crippen LogP contribution in [0.1, 0.15) is 132 Å². The molecule has 4 heteroatoms. The number of fused-ring (bicyclic) bond motifs is 14. The molecule has 17 rings (SSSR count). The van der Waals surface area contributed by atoms with Crippen molar-refractivity contribution >= 4 is 38.9 Å². The molecule has 11 aromatic carbocycles. The van der Waals surface area contributed by atoms with Crippen LogP contribution in [-0.2, 0) is 10.8 Å². The van der Waals surface area contributed by atoms with Gasteiger partial charge in [0, 0.05) is 55.8 Å². The van der Waals surface area contributed by atoms with Crippen LogP contribution in [0.15, 0.2) is 255 Å². The van der Waals surface area contributed by atoms with Crippen LogP contribution in [0.4, 0.5) is 17.1 Å². The number of para-hydroxylation sites is 3. The van der Waals surface area contributed by atoms with E-state index in [1.807, 2.05) is 0 Å². The van der Waals surface area contributed by atoms with E-state index in [1.54, 1.807) is 0 Å². The van der Waals surface area contributed by atoms with Gasteiger partial charge in [-0.05, 0) is 161 Å². The van der Waals surface area contributed by atoms with Crippen LogP contribution in [0.25, 0.3) is 38.6 Å². The minimum atomic E-state index is -0.718. The first-order chi connectivity index (χ1) is 41.6. The molecular weight excluding hydrogens is 1020 g/mol. The van der Waals surface area contributed by atoms with Crippen molar-refractivity contribution in [2.24, 2.45) is 0 Å². The summed E-state index contributed by atoms with van der Waals surface area (Å²) in [5.41, 5.74) is 20.3. The molecule has 84 heavy (non-hydrogen) atoms. The van der Waals surface area contributed by atoms with Crippen LogP contribution in [0, 0.1) is 0 Å². The molecule has 0 amide bonds. The van der Waals surface area contributed by atoms with E-state index in [0.29, 0.717) is 11.8 Å². The van der Waals surface area contributed by atoms with Gasteiger partial charge in [0.2, 0.25) is 0 Å². The Balaban J connectivity index is 0.945. The first kappa shape index (κ1) is 49.2. The van der Waals surface area contributed by atoms with Gasteiger partial charge in [0.05, 0.1) is 21.9 Å². The summed E-state index contributed by atoms with van der Waals surface area (Å²) in [6.45, 7) is 0. The van der Waals surface area contributed by atoms with Gasteiger partial charge in [0.25, 0.3) is 0 Å². The highest BCUT2D eigenvalue weighted by Gasteiger charge is 2.52. The van der Waals surface area contributed by atoms with Crippen molar-refractivity contribution in [2.45, 2.75) is 86.9 Å². The Labute approximate surface area is 492 Å². The number of hydrogen-bond acceptors (Lipinski definition) is 3. The highest BCUT2D eigenvalue weighted by Crippen LogP contribution is 2.64. The lowest BCUT2D eigenvalue weighted by Gasteiger charge is -2.42. The summed E-state index contributed by atoms with van der Waals surface area (Å²) in [5, 5.41) is 2.48. The number of anilines is 3. The zero-order chi connectivity index (χ0) is 55.3. The Hall–Kier alpha value is -9.38. The largest absolute Gasteiger partial charge is 0.457 e. The molecule has 1 aromatic heterocycles. The molecule has 0 atom stereocenters. The summed E-state index contributed by atoms with van der Waals surface area (Å²) >= 11 is 0. The summed E-state index contributed by atoms with van der Waals surface area (Å²) in [5.74, 6) is 4.64. The lowest BCUT2D eigenvalue weighted by atomic mass is 9.63. The van der Waals surface area contributed by atoms with E-state index in [9.17, 15) is 0 Å². The number of nitrogens with zero attached hydrogens (tertiary/aromatic N) is 2. The fourth-order valence-electron chi connectivity index (χ4n) is 16.2. The summed E-state index contributed by atoms with van der Waals surface area (Å²) in [4.78, 5) is 2.52. The number of aromatic nitrogens is 1. The van der Waals surface area contributed by atoms with Gasteiger partial charge in [0.1, 0.15) is 23.0 Å². The van der Waals surface area contributed by atoms with Gasteiger partial charge in [-0.1, -0.05) is 214 Å². The molecular formula is C80H64N2O2. The minimum absolute atomic E-state index is 0.523. The Kier molecular flexibility index (Phi) is 11.5. The fraction of sp³-hybridized carbons (Fsp3) is 0.175. The molecule has 2 aliphatic heterocycles. The van der Waals surface area contributed by atoms with Crippen molar-refractivity contribution in [2.75, 3.05) is 4.90 Å². The molecule has 406 valence electrons. The molecule has 0 bridgehead atoms. The van der Waals surface area contributed by atoms with Crippen molar-refractivity contribution in [3.63, 3.8) is 0 Å². The van der Waals surface area contributed by atoms with Crippen LogP contribution < -0.4 is 14.4 Å². The first-order valence-electron chi connectivity index (χ1n) is 30.8. The molecule has 0 radical (unpaired) electrons. The predicted octanol–water partition coefficient (Wildman–Crippen LogP) is 21.3. The normalized spacial score (nSPS) is 16.4. The summed E-state index contributed by atoms with van der Waals surface area (Å²) in [6.07, 6.45) is 12.6. The van der Waals surface area contributed by atoms with E-state index in [4.69, 9.17) is 9.47 Å². The number of rotatable bonds is 8. The van der Waals surface area contributed by atoms with Crippen molar-refractivity contribution < 1.29 is 9.47 Å². The number of hydrogen-bond donors (Lipinski definition) is 0. The van der Waals surface area contributed by atoms with Gasteiger partial charge >= 0.3 is 0 Å². The maximum atomic E-state index is 7.25. The van der Waals surface area contributed by atoms with Crippen molar-refractivity contribution in [3.05, 3.63) is 310 Å². The molecule has 2 saturated carbocycles. The predicted molar refractivity (Wildman–Crippen MR) is 343 cm³/mol. The van der Waals surface area contributed by atoms with Crippen LogP contribution in [-0.4, -0.2) is 4.57 Å². The molecule has 4 nitrogen and oxygen atoms in total. The Morgan fingerprint density at radius 1 is 0.321 bits per heavy atom. The van der Waals surface area contributed by atoms with Crippen molar-refractivity contribution in [1.82, 2.24) is 4.57 Å². The zero-order valence-electron chi connectivity index (χ0n) is 47.2. The third-order valence-electron chi connectivity index (χ3n) is 20.0. The van der Waals surface area contributed by atoms with Crippen LogP contribution in [0.5, 0.6) is 23.0 Å². The maximum absolute atomic E-state index is 7.25. The SMILES string of the molecule is c1ccc(C2(c3ccccc3)c3ccccc3Oc3ccc(N(c4cccc(-n5c6ccccc6c6ccccc65)c4)c4ccc5c(c4)C4(c6cc(C7CCCCC7)ccc6Oc6ccc(C7CCCCC7)cc64)c4ccccc4-5)cc32)cc1. The monoisotopic (exact) mass is 1080 g/mol. The van der Waals surface area contributed by atoms with Gasteiger partial charge < -0.3 is 18.9 Å². The maximum Gasteiger partial charge on any atom is 0.132 e. The van der Waals surface area contributed by atoms with E-state index in [1.165, 1.54) is 142 Å². The van der Waals surface area contributed by atoms with E-state index in [-0.39, 0.29) is 0 Å². The molecule has 0 unspecified atom stereocenters.